The molecule has 0 radical (unpaired) electrons. The Morgan fingerprint density at radius 1 is 1.04 bits per heavy atom. The van der Waals surface area contributed by atoms with Crippen LogP contribution in [0.2, 0.25) is 0 Å². The summed E-state index contributed by atoms with van der Waals surface area (Å²) in [5.41, 5.74) is 5.31. The predicted octanol–water partition coefficient (Wildman–Crippen LogP) is 4.32. The number of rotatable bonds is 2. The number of H-pyrrole nitrogens is 1. The Kier molecular flexibility index (Phi) is 4.07. The minimum Gasteiger partial charge on any atom is -0.305 e. The second kappa shape index (κ2) is 6.05. The lowest BCUT2D eigenvalue weighted by Crippen LogP contribution is -2.15. The summed E-state index contributed by atoms with van der Waals surface area (Å²) in [6.07, 6.45) is 0. The van der Waals surface area contributed by atoms with Crippen molar-refractivity contribution in [2.45, 2.75) is 39.7 Å². The van der Waals surface area contributed by atoms with Gasteiger partial charge in [0, 0.05) is 0 Å². The highest BCUT2D eigenvalue weighted by atomic mass is 16.1. The van der Waals surface area contributed by atoms with Gasteiger partial charge in [0.2, 0.25) is 0 Å². The summed E-state index contributed by atoms with van der Waals surface area (Å²) in [4.78, 5) is 15.0. The minimum atomic E-state index is -0.118. The Hall–Kier alpha value is -2.73. The number of nitrogens with one attached hydrogen (secondary N) is 1. The van der Waals surface area contributed by atoms with Crippen molar-refractivity contribution in [3.8, 4) is 23.0 Å². The van der Waals surface area contributed by atoms with E-state index in [0.29, 0.717) is 6.54 Å². The first kappa shape index (κ1) is 16.1. The van der Waals surface area contributed by atoms with Crippen LogP contribution in [0.1, 0.15) is 33.3 Å². The van der Waals surface area contributed by atoms with Crippen molar-refractivity contribution in [3.05, 3.63) is 58.5 Å². The summed E-state index contributed by atoms with van der Waals surface area (Å²) in [7, 11) is 0. The van der Waals surface area contributed by atoms with E-state index < -0.39 is 0 Å². The van der Waals surface area contributed by atoms with Crippen LogP contribution in [0.3, 0.4) is 0 Å². The van der Waals surface area contributed by atoms with Crippen molar-refractivity contribution in [1.29, 1.82) is 0 Å². The third-order valence-corrected chi connectivity index (χ3v) is 4.27. The molecule has 3 heteroatoms. The molecule has 0 saturated heterocycles. The topological polar surface area (TPSA) is 37.8 Å². The summed E-state index contributed by atoms with van der Waals surface area (Å²) in [5.74, 6) is 5.77. The van der Waals surface area contributed by atoms with E-state index in [1.807, 2.05) is 12.1 Å². The first-order chi connectivity index (χ1) is 11.4. The van der Waals surface area contributed by atoms with Crippen LogP contribution >= 0.6 is 0 Å². The van der Waals surface area contributed by atoms with E-state index in [1.54, 1.807) is 11.5 Å². The van der Waals surface area contributed by atoms with Crippen LogP contribution in [-0.2, 0) is 12.0 Å². The molecule has 0 atom stereocenters. The molecule has 0 unspecified atom stereocenters. The van der Waals surface area contributed by atoms with Crippen molar-refractivity contribution in [3.63, 3.8) is 0 Å². The number of aromatic amines is 1. The average molecular weight is 318 g/mol. The van der Waals surface area contributed by atoms with Crippen molar-refractivity contribution >= 4 is 11.0 Å². The van der Waals surface area contributed by atoms with Gasteiger partial charge in [-0.15, -0.1) is 5.92 Å². The van der Waals surface area contributed by atoms with E-state index in [-0.39, 0.29) is 11.1 Å². The first-order valence-electron chi connectivity index (χ1n) is 8.13. The van der Waals surface area contributed by atoms with Gasteiger partial charge in [0.1, 0.15) is 0 Å². The van der Waals surface area contributed by atoms with Gasteiger partial charge in [-0.05, 0) is 41.2 Å². The molecule has 0 fully saturated rings. The van der Waals surface area contributed by atoms with Crippen LogP contribution in [0.25, 0.3) is 22.2 Å². The molecule has 122 valence electrons. The largest absolute Gasteiger partial charge is 0.327 e. The van der Waals surface area contributed by atoms with Gasteiger partial charge in [-0.1, -0.05) is 57.0 Å². The van der Waals surface area contributed by atoms with Crippen LogP contribution in [0, 0.1) is 11.8 Å². The average Bonchev–Trinajstić information content (AvgIpc) is 2.86. The number of hydrogen-bond donors (Lipinski definition) is 1. The zero-order valence-electron chi connectivity index (χ0n) is 14.6. The molecule has 1 heterocycles. The number of nitrogens with zero attached hydrogens (tertiary/aromatic N) is 1. The van der Waals surface area contributed by atoms with Crippen molar-refractivity contribution in [1.82, 2.24) is 9.55 Å². The van der Waals surface area contributed by atoms with Gasteiger partial charge in [-0.3, -0.25) is 4.57 Å². The molecule has 3 aromatic rings. The van der Waals surface area contributed by atoms with Crippen molar-refractivity contribution in [2.24, 2.45) is 0 Å². The Morgan fingerprint density at radius 3 is 2.33 bits per heavy atom. The molecule has 3 rings (SSSR count). The molecule has 0 bridgehead atoms. The Morgan fingerprint density at radius 2 is 1.71 bits per heavy atom. The molecule has 24 heavy (non-hydrogen) atoms. The smallest absolute Gasteiger partial charge is 0.305 e. The van der Waals surface area contributed by atoms with E-state index >= 15 is 0 Å². The molecule has 0 spiro atoms. The molecular formula is C21H22N2O. The zero-order valence-corrected chi connectivity index (χ0v) is 14.6. The highest BCUT2D eigenvalue weighted by molar-refractivity contribution is 5.82. The van der Waals surface area contributed by atoms with Crippen molar-refractivity contribution in [2.75, 3.05) is 0 Å². The van der Waals surface area contributed by atoms with Gasteiger partial charge in [0.05, 0.1) is 17.6 Å². The molecule has 1 aromatic heterocycles. The van der Waals surface area contributed by atoms with E-state index in [4.69, 9.17) is 0 Å². The zero-order chi connectivity index (χ0) is 17.3. The Balaban J connectivity index is 2.02. The monoisotopic (exact) mass is 318 g/mol. The SMILES string of the molecule is CC#CCn1c(=O)[nH]c2cc(-c3ccc(C(C)(C)C)cc3)ccc21. The van der Waals surface area contributed by atoms with E-state index in [2.05, 4.69) is 67.9 Å². The molecule has 0 aliphatic carbocycles. The molecule has 0 aliphatic rings. The summed E-state index contributed by atoms with van der Waals surface area (Å²) in [6.45, 7) is 8.82. The molecule has 0 saturated carbocycles. The second-order valence-corrected chi connectivity index (χ2v) is 7.00. The lowest BCUT2D eigenvalue weighted by atomic mass is 9.86. The highest BCUT2D eigenvalue weighted by Crippen LogP contribution is 2.27. The predicted molar refractivity (Wildman–Crippen MR) is 100 cm³/mol. The third kappa shape index (κ3) is 3.00. The van der Waals surface area contributed by atoms with Gasteiger partial charge in [-0.2, -0.15) is 0 Å². The van der Waals surface area contributed by atoms with Gasteiger partial charge >= 0.3 is 5.69 Å². The lowest BCUT2D eigenvalue weighted by Gasteiger charge is -2.19. The third-order valence-electron chi connectivity index (χ3n) is 4.27. The fourth-order valence-electron chi connectivity index (χ4n) is 2.82. The van der Waals surface area contributed by atoms with E-state index in [9.17, 15) is 4.79 Å². The molecule has 0 amide bonds. The lowest BCUT2D eigenvalue weighted by molar-refractivity contribution is 0.590. The molecule has 1 N–H and O–H groups in total. The maximum atomic E-state index is 12.1. The quantitative estimate of drug-likeness (QED) is 0.702. The van der Waals surface area contributed by atoms with Crippen LogP contribution < -0.4 is 5.69 Å². The molecular weight excluding hydrogens is 296 g/mol. The van der Waals surface area contributed by atoms with Crippen LogP contribution in [0.5, 0.6) is 0 Å². The fraction of sp³-hybridized carbons (Fsp3) is 0.286. The maximum absolute atomic E-state index is 12.1. The normalized spacial score (nSPS) is 11.3. The molecule has 0 aliphatic heterocycles. The first-order valence-corrected chi connectivity index (χ1v) is 8.13. The number of hydrogen-bond acceptors (Lipinski definition) is 1. The van der Waals surface area contributed by atoms with E-state index in [1.165, 1.54) is 5.56 Å². The van der Waals surface area contributed by atoms with Gasteiger partial charge in [0.15, 0.2) is 0 Å². The number of imidazole rings is 1. The number of fused-ring (bicyclic) bond motifs is 1. The number of aromatic nitrogens is 2. The Labute approximate surface area is 142 Å². The second-order valence-electron chi connectivity index (χ2n) is 7.00. The van der Waals surface area contributed by atoms with E-state index in [0.717, 1.165) is 22.2 Å². The minimum absolute atomic E-state index is 0.118. The summed E-state index contributed by atoms with van der Waals surface area (Å²) in [5, 5.41) is 0. The van der Waals surface area contributed by atoms with Crippen LogP contribution in [-0.4, -0.2) is 9.55 Å². The molecule has 3 nitrogen and oxygen atoms in total. The maximum Gasteiger partial charge on any atom is 0.327 e. The highest BCUT2D eigenvalue weighted by Gasteiger charge is 2.13. The van der Waals surface area contributed by atoms with Gasteiger partial charge in [-0.25, -0.2) is 4.79 Å². The fourth-order valence-corrected chi connectivity index (χ4v) is 2.82. The standard InChI is InChI=1S/C21H22N2O/c1-5-6-13-23-19-12-9-16(14-18(19)22-20(23)24)15-7-10-17(11-8-15)21(2,3)4/h7-12,14H,13H2,1-4H3,(H,22,24). The summed E-state index contributed by atoms with van der Waals surface area (Å²) < 4.78 is 1.66. The van der Waals surface area contributed by atoms with Gasteiger partial charge < -0.3 is 4.98 Å². The molecule has 2 aromatic carbocycles. The summed E-state index contributed by atoms with van der Waals surface area (Å²) in [6, 6.07) is 14.7. The van der Waals surface area contributed by atoms with Gasteiger partial charge in [0.25, 0.3) is 0 Å². The summed E-state index contributed by atoms with van der Waals surface area (Å²) >= 11 is 0. The Bertz CT molecular complexity index is 987. The van der Waals surface area contributed by atoms with Crippen LogP contribution in [0.15, 0.2) is 47.3 Å². The van der Waals surface area contributed by atoms with Crippen molar-refractivity contribution < 1.29 is 0 Å². The number of benzene rings is 2. The van der Waals surface area contributed by atoms with Crippen LogP contribution in [0.4, 0.5) is 0 Å².